The fourth-order valence-corrected chi connectivity index (χ4v) is 4.04. The second kappa shape index (κ2) is 12.2. The van der Waals surface area contributed by atoms with Crippen LogP contribution in [0.15, 0.2) is 28.7 Å². The Morgan fingerprint density at radius 2 is 2.07 bits per heavy atom. The molecule has 0 aliphatic heterocycles. The number of aliphatic imine (C=N–C) groups is 1. The molecule has 3 rings (SSSR count). The highest BCUT2D eigenvalue weighted by Crippen LogP contribution is 2.35. The number of guanidine groups is 1. The van der Waals surface area contributed by atoms with Crippen molar-refractivity contribution in [3.05, 3.63) is 39.8 Å². The molecule has 1 aliphatic carbocycles. The number of methoxy groups -OCH3 is 1. The summed E-state index contributed by atoms with van der Waals surface area (Å²) in [6.07, 6.45) is 4.97. The summed E-state index contributed by atoms with van der Waals surface area (Å²) in [6.45, 7) is 6.13. The number of nitrogens with one attached hydrogen (secondary N) is 2. The molecular formula is C21H31IN4O2S. The normalized spacial score (nSPS) is 14.4. The topological polar surface area (TPSA) is 67.8 Å². The fraction of sp³-hybridized carbons (Fsp3) is 0.524. The first kappa shape index (κ1) is 23.7. The highest BCUT2D eigenvalue weighted by atomic mass is 127. The predicted molar refractivity (Wildman–Crippen MR) is 130 cm³/mol. The summed E-state index contributed by atoms with van der Waals surface area (Å²) in [5.41, 5.74) is 3.98. The van der Waals surface area contributed by atoms with Crippen LogP contribution in [0.3, 0.4) is 0 Å². The number of hydrogen-bond acceptors (Lipinski definition) is 5. The molecule has 1 fully saturated rings. The Hall–Kier alpha value is -1.55. The van der Waals surface area contributed by atoms with Gasteiger partial charge in [0.2, 0.25) is 0 Å². The molecule has 1 aromatic heterocycles. The van der Waals surface area contributed by atoms with Crippen molar-refractivity contribution in [1.82, 2.24) is 15.6 Å². The standard InChI is InChI=1S/C21H30N4O2S.HI/c1-4-22-21(24-13-19-15(2)25-14-28-19)23-12-16-8-7-11-18(26-3)20(16)27-17-9-5-6-10-17;/h7-8,11,14,17H,4-6,9-10,12-13H2,1-3H3,(H2,22,23,24);1H. The van der Waals surface area contributed by atoms with E-state index in [0.29, 0.717) is 13.1 Å². The van der Waals surface area contributed by atoms with Gasteiger partial charge in [-0.2, -0.15) is 0 Å². The lowest BCUT2D eigenvalue weighted by Gasteiger charge is -2.19. The molecule has 0 radical (unpaired) electrons. The van der Waals surface area contributed by atoms with Crippen LogP contribution in [-0.2, 0) is 13.1 Å². The Kier molecular flexibility index (Phi) is 9.99. The summed E-state index contributed by atoms with van der Waals surface area (Å²) >= 11 is 1.66. The number of rotatable bonds is 8. The second-order valence-corrected chi connectivity index (χ2v) is 7.82. The summed E-state index contributed by atoms with van der Waals surface area (Å²) in [5.74, 6) is 2.39. The van der Waals surface area contributed by atoms with Gasteiger partial charge in [0.1, 0.15) is 0 Å². The Morgan fingerprint density at radius 1 is 1.28 bits per heavy atom. The molecule has 0 saturated heterocycles. The van der Waals surface area contributed by atoms with E-state index in [2.05, 4.69) is 28.6 Å². The molecule has 0 unspecified atom stereocenters. The maximum absolute atomic E-state index is 6.31. The van der Waals surface area contributed by atoms with Gasteiger partial charge in [0, 0.05) is 17.0 Å². The van der Waals surface area contributed by atoms with E-state index in [1.807, 2.05) is 24.6 Å². The first-order valence-corrected chi connectivity index (χ1v) is 10.8. The number of aryl methyl sites for hydroxylation is 1. The van der Waals surface area contributed by atoms with Gasteiger partial charge in [-0.05, 0) is 45.6 Å². The first-order chi connectivity index (χ1) is 13.7. The van der Waals surface area contributed by atoms with Crippen molar-refractivity contribution in [3.8, 4) is 11.5 Å². The van der Waals surface area contributed by atoms with Gasteiger partial charge in [0.15, 0.2) is 17.5 Å². The van der Waals surface area contributed by atoms with Crippen molar-refractivity contribution in [1.29, 1.82) is 0 Å². The summed E-state index contributed by atoms with van der Waals surface area (Å²) in [7, 11) is 1.69. The van der Waals surface area contributed by atoms with Gasteiger partial charge < -0.3 is 20.1 Å². The van der Waals surface area contributed by atoms with Crippen LogP contribution in [0.25, 0.3) is 0 Å². The molecule has 2 N–H and O–H groups in total. The molecular weight excluding hydrogens is 499 g/mol. The number of hydrogen-bond donors (Lipinski definition) is 2. The summed E-state index contributed by atoms with van der Waals surface area (Å²) < 4.78 is 11.9. The number of aromatic nitrogens is 1. The lowest BCUT2D eigenvalue weighted by molar-refractivity contribution is 0.198. The molecule has 2 aromatic rings. The fourth-order valence-electron chi connectivity index (χ4n) is 3.32. The third-order valence-electron chi connectivity index (χ3n) is 4.88. The molecule has 0 amide bonds. The van der Waals surface area contributed by atoms with Crippen LogP contribution in [0.4, 0.5) is 0 Å². The zero-order chi connectivity index (χ0) is 19.8. The maximum atomic E-state index is 6.31. The minimum Gasteiger partial charge on any atom is -0.493 e. The molecule has 6 nitrogen and oxygen atoms in total. The van der Waals surface area contributed by atoms with Crippen LogP contribution >= 0.6 is 35.3 Å². The Labute approximate surface area is 194 Å². The van der Waals surface area contributed by atoms with Crippen molar-refractivity contribution in [2.45, 2.75) is 58.7 Å². The molecule has 1 aromatic carbocycles. The number of para-hydroxylation sites is 1. The molecule has 0 spiro atoms. The highest BCUT2D eigenvalue weighted by Gasteiger charge is 2.20. The third-order valence-corrected chi connectivity index (χ3v) is 5.82. The van der Waals surface area contributed by atoms with Gasteiger partial charge in [0.05, 0.1) is 37.5 Å². The number of ether oxygens (including phenoxy) is 2. The average Bonchev–Trinajstić information content (AvgIpc) is 3.36. The molecule has 0 bridgehead atoms. The van der Waals surface area contributed by atoms with E-state index in [0.717, 1.165) is 48.1 Å². The molecule has 1 aliphatic rings. The average molecular weight is 530 g/mol. The van der Waals surface area contributed by atoms with Crippen LogP contribution in [-0.4, -0.2) is 30.7 Å². The van der Waals surface area contributed by atoms with E-state index in [1.165, 1.54) is 17.7 Å². The molecule has 1 heterocycles. The van der Waals surface area contributed by atoms with Crippen molar-refractivity contribution in [2.75, 3.05) is 13.7 Å². The van der Waals surface area contributed by atoms with Crippen LogP contribution in [0, 0.1) is 6.92 Å². The summed E-state index contributed by atoms with van der Waals surface area (Å²) in [5, 5.41) is 6.70. The quantitative estimate of drug-likeness (QED) is 0.296. The van der Waals surface area contributed by atoms with Crippen molar-refractivity contribution < 1.29 is 9.47 Å². The molecule has 8 heteroatoms. The van der Waals surface area contributed by atoms with Crippen LogP contribution in [0.2, 0.25) is 0 Å². The Morgan fingerprint density at radius 3 is 2.72 bits per heavy atom. The largest absolute Gasteiger partial charge is 0.493 e. The molecule has 29 heavy (non-hydrogen) atoms. The number of nitrogens with zero attached hydrogens (tertiary/aromatic N) is 2. The summed E-state index contributed by atoms with van der Waals surface area (Å²) in [6, 6.07) is 6.01. The second-order valence-electron chi connectivity index (χ2n) is 6.88. The van der Waals surface area contributed by atoms with E-state index in [-0.39, 0.29) is 30.1 Å². The van der Waals surface area contributed by atoms with Crippen LogP contribution in [0.5, 0.6) is 11.5 Å². The van der Waals surface area contributed by atoms with E-state index >= 15 is 0 Å². The maximum Gasteiger partial charge on any atom is 0.191 e. The zero-order valence-corrected chi connectivity index (χ0v) is 20.5. The van der Waals surface area contributed by atoms with Crippen LogP contribution < -0.4 is 20.1 Å². The molecule has 0 atom stereocenters. The van der Waals surface area contributed by atoms with Gasteiger partial charge in [-0.3, -0.25) is 0 Å². The summed E-state index contributed by atoms with van der Waals surface area (Å²) in [4.78, 5) is 10.3. The smallest absolute Gasteiger partial charge is 0.191 e. The molecule has 160 valence electrons. The van der Waals surface area contributed by atoms with Crippen molar-refractivity contribution >= 4 is 41.3 Å². The lowest BCUT2D eigenvalue weighted by atomic mass is 10.1. The van der Waals surface area contributed by atoms with E-state index < -0.39 is 0 Å². The van der Waals surface area contributed by atoms with Gasteiger partial charge in [-0.25, -0.2) is 9.98 Å². The third kappa shape index (κ3) is 6.74. The van der Waals surface area contributed by atoms with E-state index in [1.54, 1.807) is 18.4 Å². The minimum absolute atomic E-state index is 0. The molecule has 1 saturated carbocycles. The number of halogens is 1. The SMILES string of the molecule is CCNC(=NCc1cccc(OC)c1OC1CCCC1)NCc1scnc1C.I. The van der Waals surface area contributed by atoms with Crippen LogP contribution in [0.1, 0.15) is 48.7 Å². The minimum atomic E-state index is 0. The number of benzene rings is 1. The number of thiazole rings is 1. The highest BCUT2D eigenvalue weighted by molar-refractivity contribution is 14.0. The Balaban J connectivity index is 0.00000300. The van der Waals surface area contributed by atoms with Gasteiger partial charge >= 0.3 is 0 Å². The monoisotopic (exact) mass is 530 g/mol. The zero-order valence-electron chi connectivity index (χ0n) is 17.4. The van der Waals surface area contributed by atoms with Gasteiger partial charge in [-0.1, -0.05) is 12.1 Å². The lowest BCUT2D eigenvalue weighted by Crippen LogP contribution is -2.36. The van der Waals surface area contributed by atoms with Crippen molar-refractivity contribution in [3.63, 3.8) is 0 Å². The first-order valence-electron chi connectivity index (χ1n) is 9.95. The van der Waals surface area contributed by atoms with Gasteiger partial charge in [0.25, 0.3) is 0 Å². The van der Waals surface area contributed by atoms with E-state index in [4.69, 9.17) is 14.5 Å². The van der Waals surface area contributed by atoms with Crippen molar-refractivity contribution in [2.24, 2.45) is 4.99 Å². The van der Waals surface area contributed by atoms with Gasteiger partial charge in [-0.15, -0.1) is 35.3 Å². The Bertz CT molecular complexity index is 791. The predicted octanol–water partition coefficient (Wildman–Crippen LogP) is 4.65. The van der Waals surface area contributed by atoms with E-state index in [9.17, 15) is 0 Å².